The van der Waals surface area contributed by atoms with Crippen molar-refractivity contribution < 1.29 is 18.0 Å². The molecule has 8 heteroatoms. The fourth-order valence-corrected chi connectivity index (χ4v) is 3.01. The molecule has 0 aromatic carbocycles. The van der Waals surface area contributed by atoms with Crippen molar-refractivity contribution in [3.8, 4) is 0 Å². The van der Waals surface area contributed by atoms with Gasteiger partial charge in [0.1, 0.15) is 5.82 Å². The van der Waals surface area contributed by atoms with Crippen molar-refractivity contribution in [2.45, 2.75) is 12.6 Å². The van der Waals surface area contributed by atoms with Gasteiger partial charge in [0, 0.05) is 56.3 Å². The number of aromatic nitrogens is 2. The van der Waals surface area contributed by atoms with E-state index >= 15 is 0 Å². The molecule has 0 atom stereocenters. The normalized spacial score (nSPS) is 14.9. The minimum absolute atomic E-state index is 0.0927. The first-order valence-electron chi connectivity index (χ1n) is 8.51. The molecule has 1 aliphatic rings. The predicted molar refractivity (Wildman–Crippen MR) is 95.3 cm³/mol. The lowest BCUT2D eigenvalue weighted by Crippen LogP contribution is -2.48. The van der Waals surface area contributed by atoms with E-state index < -0.39 is 11.7 Å². The smallest absolute Gasteiger partial charge is 0.353 e. The number of piperazine rings is 1. The van der Waals surface area contributed by atoms with Gasteiger partial charge in [0.15, 0.2) is 0 Å². The van der Waals surface area contributed by atoms with Crippen LogP contribution in [-0.4, -0.2) is 47.0 Å². The standard InChI is InChI=1S/C19H19F3N4O/c1-2-17(27)25-8-10-26(11-9-25)18-14(4-3-7-23-18)12-16-6-5-15(13-24-16)19(20,21)22/h2-7,13H,1,8-12H2. The fraction of sp³-hybridized carbons (Fsp3) is 0.316. The quantitative estimate of drug-likeness (QED) is 0.770. The van der Waals surface area contributed by atoms with Crippen LogP contribution in [0.25, 0.3) is 0 Å². The highest BCUT2D eigenvalue weighted by molar-refractivity contribution is 5.87. The molecule has 27 heavy (non-hydrogen) atoms. The summed E-state index contributed by atoms with van der Waals surface area (Å²) >= 11 is 0. The number of amides is 1. The Morgan fingerprint density at radius 1 is 1.15 bits per heavy atom. The van der Waals surface area contributed by atoms with E-state index in [2.05, 4.69) is 21.4 Å². The minimum Gasteiger partial charge on any atom is -0.353 e. The summed E-state index contributed by atoms with van der Waals surface area (Å²) in [5.74, 6) is 0.676. The summed E-state index contributed by atoms with van der Waals surface area (Å²) in [5.41, 5.74) is 0.659. The third-order valence-corrected chi connectivity index (χ3v) is 4.46. The van der Waals surface area contributed by atoms with Crippen molar-refractivity contribution in [1.82, 2.24) is 14.9 Å². The lowest BCUT2D eigenvalue weighted by atomic mass is 10.1. The highest BCUT2D eigenvalue weighted by Gasteiger charge is 2.30. The Labute approximate surface area is 155 Å². The van der Waals surface area contributed by atoms with Crippen molar-refractivity contribution in [3.63, 3.8) is 0 Å². The molecule has 1 fully saturated rings. The van der Waals surface area contributed by atoms with Gasteiger partial charge in [-0.3, -0.25) is 9.78 Å². The third-order valence-electron chi connectivity index (χ3n) is 4.46. The van der Waals surface area contributed by atoms with Crippen LogP contribution in [-0.2, 0) is 17.4 Å². The minimum atomic E-state index is -4.40. The SMILES string of the molecule is C=CC(=O)N1CCN(c2ncccc2Cc2ccc(C(F)(F)F)cn2)CC1. The van der Waals surface area contributed by atoms with E-state index in [0.717, 1.165) is 23.6 Å². The third kappa shape index (κ3) is 4.45. The first-order chi connectivity index (χ1) is 12.9. The maximum Gasteiger partial charge on any atom is 0.417 e. The van der Waals surface area contributed by atoms with Gasteiger partial charge in [0.05, 0.1) is 5.56 Å². The Bertz CT molecular complexity index is 812. The number of rotatable bonds is 4. The van der Waals surface area contributed by atoms with E-state index in [1.807, 2.05) is 6.07 Å². The molecule has 1 aliphatic heterocycles. The van der Waals surface area contributed by atoms with Gasteiger partial charge in [-0.15, -0.1) is 0 Å². The van der Waals surface area contributed by atoms with Crippen molar-refractivity contribution in [1.29, 1.82) is 0 Å². The molecule has 0 unspecified atom stereocenters. The van der Waals surface area contributed by atoms with Crippen LogP contribution in [0.3, 0.4) is 0 Å². The largest absolute Gasteiger partial charge is 0.417 e. The first kappa shape index (κ1) is 18.9. The molecule has 1 amide bonds. The number of carbonyl (C=O) groups excluding carboxylic acids is 1. The van der Waals surface area contributed by atoms with E-state index in [1.54, 1.807) is 17.2 Å². The Balaban J connectivity index is 1.73. The summed E-state index contributed by atoms with van der Waals surface area (Å²) in [5, 5.41) is 0. The lowest BCUT2D eigenvalue weighted by molar-refractivity contribution is -0.137. The summed E-state index contributed by atoms with van der Waals surface area (Å²) in [7, 11) is 0. The van der Waals surface area contributed by atoms with Gasteiger partial charge in [0.25, 0.3) is 0 Å². The Morgan fingerprint density at radius 3 is 2.48 bits per heavy atom. The van der Waals surface area contributed by atoms with Crippen LogP contribution < -0.4 is 4.90 Å². The van der Waals surface area contributed by atoms with Crippen LogP contribution in [0.1, 0.15) is 16.8 Å². The van der Waals surface area contributed by atoms with E-state index in [1.165, 1.54) is 12.1 Å². The summed E-state index contributed by atoms with van der Waals surface area (Å²) in [4.78, 5) is 23.9. The van der Waals surface area contributed by atoms with Gasteiger partial charge in [-0.05, 0) is 24.3 Å². The van der Waals surface area contributed by atoms with Crippen LogP contribution in [0.15, 0.2) is 49.3 Å². The molecule has 2 aromatic rings. The highest BCUT2D eigenvalue weighted by Crippen LogP contribution is 2.29. The Kier molecular flexibility index (Phi) is 5.43. The average Bonchev–Trinajstić information content (AvgIpc) is 2.68. The number of alkyl halides is 3. The van der Waals surface area contributed by atoms with Gasteiger partial charge >= 0.3 is 6.18 Å². The molecule has 0 aliphatic carbocycles. The Morgan fingerprint density at radius 2 is 1.89 bits per heavy atom. The second kappa shape index (κ2) is 7.77. The van der Waals surface area contributed by atoms with Gasteiger partial charge < -0.3 is 9.80 Å². The average molecular weight is 376 g/mol. The second-order valence-corrected chi connectivity index (χ2v) is 6.22. The number of carbonyl (C=O) groups is 1. The predicted octanol–water partition coefficient (Wildman–Crippen LogP) is 2.92. The maximum absolute atomic E-state index is 12.7. The summed E-state index contributed by atoms with van der Waals surface area (Å²) in [6, 6.07) is 6.11. The van der Waals surface area contributed by atoms with Crippen LogP contribution in [0.5, 0.6) is 0 Å². The highest BCUT2D eigenvalue weighted by atomic mass is 19.4. The molecule has 0 spiro atoms. The first-order valence-corrected chi connectivity index (χ1v) is 8.51. The van der Waals surface area contributed by atoms with Gasteiger partial charge in [0.2, 0.25) is 5.91 Å². The molecule has 3 rings (SSSR count). The molecule has 0 saturated carbocycles. The maximum atomic E-state index is 12.7. The number of nitrogens with zero attached hydrogens (tertiary/aromatic N) is 4. The van der Waals surface area contributed by atoms with Crippen molar-refractivity contribution >= 4 is 11.7 Å². The Hall–Kier alpha value is -2.90. The number of halogens is 3. The van der Waals surface area contributed by atoms with Crippen LogP contribution >= 0.6 is 0 Å². The molecular weight excluding hydrogens is 357 g/mol. The summed E-state index contributed by atoms with van der Waals surface area (Å²) in [6.07, 6.45) is -0.176. The van der Waals surface area contributed by atoms with Crippen LogP contribution in [0.2, 0.25) is 0 Å². The molecule has 3 heterocycles. The van der Waals surface area contributed by atoms with E-state index in [0.29, 0.717) is 38.3 Å². The monoisotopic (exact) mass is 376 g/mol. The second-order valence-electron chi connectivity index (χ2n) is 6.22. The van der Waals surface area contributed by atoms with Gasteiger partial charge in [-0.25, -0.2) is 4.98 Å². The molecular formula is C19H19F3N4O. The van der Waals surface area contributed by atoms with Crippen LogP contribution in [0.4, 0.5) is 19.0 Å². The van der Waals surface area contributed by atoms with E-state index in [4.69, 9.17) is 0 Å². The molecule has 0 N–H and O–H groups in total. The van der Waals surface area contributed by atoms with E-state index in [9.17, 15) is 18.0 Å². The van der Waals surface area contributed by atoms with Gasteiger partial charge in [-0.2, -0.15) is 13.2 Å². The molecule has 5 nitrogen and oxygen atoms in total. The molecule has 2 aromatic heterocycles. The molecule has 0 radical (unpaired) electrons. The lowest BCUT2D eigenvalue weighted by Gasteiger charge is -2.35. The molecule has 0 bridgehead atoms. The van der Waals surface area contributed by atoms with Crippen LogP contribution in [0, 0.1) is 0 Å². The molecule has 142 valence electrons. The molecule has 1 saturated heterocycles. The summed E-state index contributed by atoms with van der Waals surface area (Å²) < 4.78 is 38.0. The zero-order chi connectivity index (χ0) is 19.4. The number of anilines is 1. The van der Waals surface area contributed by atoms with Gasteiger partial charge in [-0.1, -0.05) is 12.6 Å². The topological polar surface area (TPSA) is 49.3 Å². The number of hydrogen-bond donors (Lipinski definition) is 0. The van der Waals surface area contributed by atoms with Crippen molar-refractivity contribution in [2.75, 3.05) is 31.1 Å². The number of hydrogen-bond acceptors (Lipinski definition) is 4. The zero-order valence-electron chi connectivity index (χ0n) is 14.6. The van der Waals surface area contributed by atoms with Crippen molar-refractivity contribution in [2.24, 2.45) is 0 Å². The number of pyridine rings is 2. The fourth-order valence-electron chi connectivity index (χ4n) is 3.01. The zero-order valence-corrected chi connectivity index (χ0v) is 14.6. The van der Waals surface area contributed by atoms with E-state index in [-0.39, 0.29) is 5.91 Å². The summed E-state index contributed by atoms with van der Waals surface area (Å²) in [6.45, 7) is 5.90. The van der Waals surface area contributed by atoms with Crippen molar-refractivity contribution in [3.05, 3.63) is 66.1 Å².